The van der Waals surface area contributed by atoms with Gasteiger partial charge in [0.25, 0.3) is 15.9 Å². The molecule has 224 valence electrons. The molecular formula is C28H24Cl2N4O8S. The van der Waals surface area contributed by atoms with Crippen molar-refractivity contribution in [2.45, 2.75) is 29.8 Å². The molecule has 15 heteroatoms. The number of sulfonamides is 1. The molecule has 3 aromatic carbocycles. The summed E-state index contributed by atoms with van der Waals surface area (Å²) in [5, 5.41) is 22.2. The van der Waals surface area contributed by atoms with Gasteiger partial charge in [-0.1, -0.05) is 35.3 Å². The smallest absolute Gasteiger partial charge is 0.351 e. The molecule has 5 rings (SSSR count). The third-order valence-corrected chi connectivity index (χ3v) is 8.36. The Morgan fingerprint density at radius 1 is 1.09 bits per heavy atom. The van der Waals surface area contributed by atoms with E-state index < -0.39 is 46.7 Å². The zero-order chi connectivity index (χ0) is 30.7. The third kappa shape index (κ3) is 6.99. The summed E-state index contributed by atoms with van der Waals surface area (Å²) < 4.78 is 41.0. The van der Waals surface area contributed by atoms with Crippen molar-refractivity contribution < 1.29 is 32.9 Å². The number of benzene rings is 3. The van der Waals surface area contributed by atoms with Crippen LogP contribution in [0.1, 0.15) is 23.0 Å². The summed E-state index contributed by atoms with van der Waals surface area (Å²) in [5.41, 5.74) is -0.980. The van der Waals surface area contributed by atoms with Crippen LogP contribution < -0.4 is 20.5 Å². The van der Waals surface area contributed by atoms with Gasteiger partial charge in [0.1, 0.15) is 29.6 Å². The highest BCUT2D eigenvalue weighted by atomic mass is 35.5. The van der Waals surface area contributed by atoms with E-state index >= 15 is 0 Å². The summed E-state index contributed by atoms with van der Waals surface area (Å²) in [6.45, 7) is -0.414. The Kier molecular flexibility index (Phi) is 9.01. The van der Waals surface area contributed by atoms with Crippen LogP contribution in [0.5, 0.6) is 11.5 Å². The summed E-state index contributed by atoms with van der Waals surface area (Å²) in [6.07, 6.45) is -1.24. The minimum absolute atomic E-state index is 0.0711. The van der Waals surface area contributed by atoms with Crippen LogP contribution in [0.3, 0.4) is 0 Å². The lowest BCUT2D eigenvalue weighted by molar-refractivity contribution is -0.0458. The van der Waals surface area contributed by atoms with Crippen LogP contribution in [-0.2, 0) is 14.8 Å². The monoisotopic (exact) mass is 646 g/mol. The zero-order valence-corrected chi connectivity index (χ0v) is 24.4. The molecule has 1 fully saturated rings. The molecule has 1 aromatic heterocycles. The number of anilines is 2. The van der Waals surface area contributed by atoms with Gasteiger partial charge >= 0.3 is 5.69 Å². The van der Waals surface area contributed by atoms with Crippen LogP contribution in [0.25, 0.3) is 0 Å². The molecule has 0 bridgehead atoms. The van der Waals surface area contributed by atoms with E-state index in [2.05, 4.69) is 15.0 Å². The van der Waals surface area contributed by atoms with Gasteiger partial charge in [-0.05, 0) is 60.7 Å². The van der Waals surface area contributed by atoms with Crippen molar-refractivity contribution in [1.29, 1.82) is 0 Å². The maximum absolute atomic E-state index is 13.2. The molecule has 0 aliphatic carbocycles. The van der Waals surface area contributed by atoms with Gasteiger partial charge in [-0.15, -0.1) is 0 Å². The van der Waals surface area contributed by atoms with E-state index in [0.29, 0.717) is 16.5 Å². The van der Waals surface area contributed by atoms with E-state index in [9.17, 15) is 28.2 Å². The number of amides is 1. The van der Waals surface area contributed by atoms with Crippen molar-refractivity contribution >= 4 is 50.6 Å². The number of halogens is 2. The number of aromatic nitrogens is 2. The number of carbonyl (C=O) groups is 1. The van der Waals surface area contributed by atoms with E-state index in [1.165, 1.54) is 54.7 Å². The largest absolute Gasteiger partial charge is 0.456 e. The number of nitrogens with one attached hydrogen (secondary N) is 2. The first-order chi connectivity index (χ1) is 20.5. The highest BCUT2D eigenvalue weighted by molar-refractivity contribution is 7.92. The molecule has 4 aromatic rings. The Morgan fingerprint density at radius 2 is 1.84 bits per heavy atom. The van der Waals surface area contributed by atoms with Crippen molar-refractivity contribution in [2.24, 2.45) is 0 Å². The van der Waals surface area contributed by atoms with Crippen LogP contribution in [0.15, 0.2) is 88.7 Å². The minimum atomic E-state index is -4.16. The number of rotatable bonds is 9. The standard InChI is InChI=1S/C28H24Cl2N4O8S/c29-16-5-10-21(33-43(39,40)18-8-6-17(7-9-18)41-23-4-2-1-3-20(23)30)19(13-16)27(37)31-25-11-12-34(28(38)32-25)26-14-22(36)24(15-35)42-26/h1-13,22,24,26,33,35-36H,14-15H2,(H,31,32,37,38)/t22-,24+,26+/m0/s1. The summed E-state index contributed by atoms with van der Waals surface area (Å²) in [6, 6.07) is 17.8. The molecule has 0 saturated carbocycles. The van der Waals surface area contributed by atoms with Gasteiger partial charge in [-0.2, -0.15) is 4.98 Å². The summed E-state index contributed by atoms with van der Waals surface area (Å²) in [4.78, 5) is 29.5. The van der Waals surface area contributed by atoms with Gasteiger partial charge in [0, 0.05) is 17.6 Å². The lowest BCUT2D eigenvalue weighted by Gasteiger charge is -2.15. The first kappa shape index (κ1) is 30.5. The maximum Gasteiger partial charge on any atom is 0.351 e. The average Bonchev–Trinajstić information content (AvgIpc) is 3.35. The Bertz CT molecular complexity index is 1820. The van der Waals surface area contributed by atoms with Crippen molar-refractivity contribution in [3.63, 3.8) is 0 Å². The third-order valence-electron chi connectivity index (χ3n) is 6.44. The first-order valence-electron chi connectivity index (χ1n) is 12.7. The van der Waals surface area contributed by atoms with Crippen LogP contribution in [0.4, 0.5) is 11.5 Å². The molecule has 1 aliphatic heterocycles. The van der Waals surface area contributed by atoms with Crippen molar-refractivity contribution in [3.05, 3.63) is 105 Å². The maximum atomic E-state index is 13.2. The number of aliphatic hydroxyl groups excluding tert-OH is 2. The van der Waals surface area contributed by atoms with Gasteiger partial charge in [-0.3, -0.25) is 14.1 Å². The molecule has 0 radical (unpaired) electrons. The molecule has 2 heterocycles. The Labute approximate surface area is 255 Å². The molecule has 1 amide bonds. The normalized spacial score (nSPS) is 18.3. The fraction of sp³-hybridized carbons (Fsp3) is 0.179. The minimum Gasteiger partial charge on any atom is -0.456 e. The molecule has 43 heavy (non-hydrogen) atoms. The molecule has 0 unspecified atom stereocenters. The topological polar surface area (TPSA) is 169 Å². The van der Waals surface area contributed by atoms with Crippen LogP contribution in [0.2, 0.25) is 10.0 Å². The fourth-order valence-corrected chi connectivity index (χ4v) is 5.70. The predicted molar refractivity (Wildman–Crippen MR) is 158 cm³/mol. The molecular weight excluding hydrogens is 623 g/mol. The summed E-state index contributed by atoms with van der Waals surface area (Å²) >= 11 is 12.2. The molecule has 1 saturated heterocycles. The van der Waals surface area contributed by atoms with Gasteiger partial charge < -0.3 is 25.0 Å². The number of nitrogens with zero attached hydrogens (tertiary/aromatic N) is 2. The predicted octanol–water partition coefficient (Wildman–Crippen LogP) is 4.04. The Morgan fingerprint density at radius 3 is 2.51 bits per heavy atom. The highest BCUT2D eigenvalue weighted by Gasteiger charge is 2.35. The number of aliphatic hydroxyl groups is 2. The molecule has 1 aliphatic rings. The summed E-state index contributed by atoms with van der Waals surface area (Å²) in [7, 11) is -4.16. The lowest BCUT2D eigenvalue weighted by Crippen LogP contribution is -2.28. The number of ether oxygens (including phenoxy) is 2. The van der Waals surface area contributed by atoms with Crippen molar-refractivity contribution in [2.75, 3.05) is 16.6 Å². The Balaban J connectivity index is 1.31. The number of hydrogen-bond donors (Lipinski definition) is 4. The van der Waals surface area contributed by atoms with Crippen LogP contribution in [-0.4, -0.2) is 52.9 Å². The second-order valence-corrected chi connectivity index (χ2v) is 11.9. The average molecular weight is 647 g/mol. The molecule has 0 spiro atoms. The van der Waals surface area contributed by atoms with E-state index in [0.717, 1.165) is 4.57 Å². The van der Waals surface area contributed by atoms with E-state index in [4.69, 9.17) is 32.7 Å². The van der Waals surface area contributed by atoms with E-state index in [1.807, 2.05) is 0 Å². The van der Waals surface area contributed by atoms with Crippen LogP contribution >= 0.6 is 23.2 Å². The number of hydrogen-bond acceptors (Lipinski definition) is 9. The van der Waals surface area contributed by atoms with Gasteiger partial charge in [0.05, 0.1) is 33.9 Å². The summed E-state index contributed by atoms with van der Waals surface area (Å²) in [5.74, 6) is -0.146. The zero-order valence-electron chi connectivity index (χ0n) is 22.1. The first-order valence-corrected chi connectivity index (χ1v) is 15.0. The second-order valence-electron chi connectivity index (χ2n) is 9.37. The van der Waals surface area contributed by atoms with Gasteiger partial charge in [0.15, 0.2) is 0 Å². The molecule has 4 N–H and O–H groups in total. The van der Waals surface area contributed by atoms with Crippen molar-refractivity contribution in [3.8, 4) is 11.5 Å². The van der Waals surface area contributed by atoms with Crippen molar-refractivity contribution in [1.82, 2.24) is 9.55 Å². The van der Waals surface area contributed by atoms with E-state index in [-0.39, 0.29) is 33.4 Å². The van der Waals surface area contributed by atoms with Crippen LogP contribution in [0, 0.1) is 0 Å². The fourth-order valence-electron chi connectivity index (χ4n) is 4.27. The quantitative estimate of drug-likeness (QED) is 0.210. The van der Waals surface area contributed by atoms with Gasteiger partial charge in [0.2, 0.25) is 0 Å². The number of para-hydroxylation sites is 1. The van der Waals surface area contributed by atoms with E-state index in [1.54, 1.807) is 24.3 Å². The molecule has 3 atom stereocenters. The van der Waals surface area contributed by atoms with Gasteiger partial charge in [-0.25, -0.2) is 13.2 Å². The second kappa shape index (κ2) is 12.7. The molecule has 12 nitrogen and oxygen atoms in total. The Hall–Kier alpha value is -3.98. The highest BCUT2D eigenvalue weighted by Crippen LogP contribution is 2.31. The SMILES string of the molecule is O=C(Nc1ccn([C@H]2C[C@H](O)[C@@H](CO)O2)c(=O)n1)c1cc(Cl)ccc1NS(=O)(=O)c1ccc(Oc2ccccc2Cl)cc1. The number of carbonyl (C=O) groups excluding carboxylic acids is 1. The lowest BCUT2D eigenvalue weighted by atomic mass is 10.1.